The summed E-state index contributed by atoms with van der Waals surface area (Å²) in [5.41, 5.74) is 2.63. The molecule has 0 radical (unpaired) electrons. The van der Waals surface area contributed by atoms with Gasteiger partial charge in [0.05, 0.1) is 16.7 Å². The molecule has 0 saturated heterocycles. The lowest BCUT2D eigenvalue weighted by molar-refractivity contribution is -0.385. The van der Waals surface area contributed by atoms with E-state index in [0.717, 1.165) is 12.1 Å². The Morgan fingerprint density at radius 2 is 1.88 bits per heavy atom. The molecule has 33 heavy (non-hydrogen) atoms. The minimum absolute atomic E-state index is 0.0747. The summed E-state index contributed by atoms with van der Waals surface area (Å²) >= 11 is 0. The van der Waals surface area contributed by atoms with E-state index in [2.05, 4.69) is 10.5 Å². The molecule has 0 bridgehead atoms. The predicted octanol–water partition coefficient (Wildman–Crippen LogP) is 5.02. The number of furan rings is 1. The minimum Gasteiger partial charge on any atom is -0.483 e. The Bertz CT molecular complexity index is 1190. The number of nitrogens with zero attached hydrogens (tertiary/aromatic N) is 2. The summed E-state index contributed by atoms with van der Waals surface area (Å²) < 4.78 is 49.5. The summed E-state index contributed by atoms with van der Waals surface area (Å²) in [5, 5.41) is 14.6. The number of aryl methyl sites for hydroxylation is 2. The Hall–Kier alpha value is -4.15. The summed E-state index contributed by atoms with van der Waals surface area (Å²) in [6, 6.07) is 10.4. The molecule has 0 unspecified atom stereocenters. The molecule has 172 valence electrons. The highest BCUT2D eigenvalue weighted by molar-refractivity contribution is 5.81. The maximum absolute atomic E-state index is 12.9. The molecule has 0 aliphatic rings. The first-order valence-electron chi connectivity index (χ1n) is 9.52. The van der Waals surface area contributed by atoms with Crippen LogP contribution in [0, 0.1) is 24.0 Å². The van der Waals surface area contributed by atoms with Crippen LogP contribution in [0.2, 0.25) is 0 Å². The fourth-order valence-electron chi connectivity index (χ4n) is 3.02. The SMILES string of the molecule is Cc1cc([N+](=O)[O-])cc(C)c1OCC(=O)N/N=C/c1ccc(-c2cccc(C(F)(F)F)c2)o1. The molecule has 1 N–H and O–H groups in total. The van der Waals surface area contributed by atoms with Crippen molar-refractivity contribution in [1.29, 1.82) is 0 Å². The van der Waals surface area contributed by atoms with Crippen molar-refractivity contribution in [3.8, 4) is 17.1 Å². The number of nitro benzene ring substituents is 1. The average Bonchev–Trinajstić information content (AvgIpc) is 3.21. The topological polar surface area (TPSA) is 107 Å². The van der Waals surface area contributed by atoms with E-state index in [9.17, 15) is 28.1 Å². The van der Waals surface area contributed by atoms with Crippen LogP contribution >= 0.6 is 0 Å². The first-order valence-corrected chi connectivity index (χ1v) is 9.52. The van der Waals surface area contributed by atoms with Gasteiger partial charge in [-0.15, -0.1) is 0 Å². The molecule has 1 amide bonds. The van der Waals surface area contributed by atoms with Crippen molar-refractivity contribution in [3.05, 3.63) is 81.1 Å². The highest BCUT2D eigenvalue weighted by atomic mass is 19.4. The molecule has 3 aromatic rings. The maximum Gasteiger partial charge on any atom is 0.416 e. The molecule has 0 atom stereocenters. The number of benzene rings is 2. The molecule has 0 aliphatic carbocycles. The molecular formula is C22H18F3N3O5. The van der Waals surface area contributed by atoms with Crippen molar-refractivity contribution in [2.45, 2.75) is 20.0 Å². The molecule has 0 fully saturated rings. The third-order valence-electron chi connectivity index (χ3n) is 4.49. The van der Waals surface area contributed by atoms with E-state index in [1.807, 2.05) is 0 Å². The number of ether oxygens (including phenoxy) is 1. The van der Waals surface area contributed by atoms with Crippen molar-refractivity contribution in [1.82, 2.24) is 5.43 Å². The minimum atomic E-state index is -4.47. The van der Waals surface area contributed by atoms with Crippen molar-refractivity contribution in [2.24, 2.45) is 5.10 Å². The first kappa shape index (κ1) is 23.5. The van der Waals surface area contributed by atoms with Crippen LogP contribution in [0.3, 0.4) is 0 Å². The molecule has 0 saturated carbocycles. The van der Waals surface area contributed by atoms with E-state index >= 15 is 0 Å². The monoisotopic (exact) mass is 461 g/mol. The van der Waals surface area contributed by atoms with E-state index in [1.54, 1.807) is 13.8 Å². The number of hydrogen-bond acceptors (Lipinski definition) is 6. The van der Waals surface area contributed by atoms with Crippen LogP contribution in [0.15, 0.2) is 58.0 Å². The summed E-state index contributed by atoms with van der Waals surface area (Å²) in [5.74, 6) is 0.191. The van der Waals surface area contributed by atoms with Crippen LogP contribution in [0.5, 0.6) is 5.75 Å². The van der Waals surface area contributed by atoms with Crippen LogP contribution in [0.25, 0.3) is 11.3 Å². The Labute approximate surface area is 185 Å². The number of alkyl halides is 3. The molecule has 1 heterocycles. The number of non-ortho nitro benzene ring substituents is 1. The number of amides is 1. The molecule has 8 nitrogen and oxygen atoms in total. The van der Waals surface area contributed by atoms with Gasteiger partial charge in [-0.05, 0) is 49.2 Å². The molecule has 11 heteroatoms. The summed E-state index contributed by atoms with van der Waals surface area (Å²) in [6.45, 7) is 2.87. The van der Waals surface area contributed by atoms with Gasteiger partial charge in [-0.25, -0.2) is 5.43 Å². The largest absolute Gasteiger partial charge is 0.483 e. The first-order chi connectivity index (χ1) is 15.5. The van der Waals surface area contributed by atoms with Crippen molar-refractivity contribution in [3.63, 3.8) is 0 Å². The standard InChI is InChI=1S/C22H18F3N3O5/c1-13-8-17(28(30)31)9-14(2)21(13)32-12-20(29)27-26-11-18-6-7-19(33-18)15-4-3-5-16(10-15)22(23,24)25/h3-11H,12H2,1-2H3,(H,27,29)/b26-11+. The van der Waals surface area contributed by atoms with Crippen LogP contribution in [-0.4, -0.2) is 23.7 Å². The van der Waals surface area contributed by atoms with Gasteiger partial charge >= 0.3 is 6.18 Å². The summed E-state index contributed by atoms with van der Waals surface area (Å²) in [4.78, 5) is 22.3. The number of nitro groups is 1. The van der Waals surface area contributed by atoms with Gasteiger partial charge in [0.15, 0.2) is 6.61 Å². The van der Waals surface area contributed by atoms with Crippen LogP contribution in [0.1, 0.15) is 22.5 Å². The smallest absolute Gasteiger partial charge is 0.416 e. The zero-order chi connectivity index (χ0) is 24.2. The second kappa shape index (κ2) is 9.55. The highest BCUT2D eigenvalue weighted by Gasteiger charge is 2.30. The molecule has 1 aromatic heterocycles. The highest BCUT2D eigenvalue weighted by Crippen LogP contribution is 2.32. The maximum atomic E-state index is 12.9. The fourth-order valence-corrected chi connectivity index (χ4v) is 3.02. The van der Waals surface area contributed by atoms with Crippen LogP contribution in [-0.2, 0) is 11.0 Å². The zero-order valence-corrected chi connectivity index (χ0v) is 17.5. The van der Waals surface area contributed by atoms with Crippen LogP contribution < -0.4 is 10.2 Å². The van der Waals surface area contributed by atoms with Crippen LogP contribution in [0.4, 0.5) is 18.9 Å². The number of carbonyl (C=O) groups excluding carboxylic acids is 1. The number of hydrazone groups is 1. The Balaban J connectivity index is 1.58. The number of nitrogens with one attached hydrogen (secondary N) is 1. The third kappa shape index (κ3) is 5.97. The zero-order valence-electron chi connectivity index (χ0n) is 17.5. The second-order valence-electron chi connectivity index (χ2n) is 7.03. The summed E-state index contributed by atoms with van der Waals surface area (Å²) in [6.07, 6.45) is -3.28. The Morgan fingerprint density at radius 3 is 2.52 bits per heavy atom. The average molecular weight is 461 g/mol. The molecule has 0 spiro atoms. The van der Waals surface area contributed by atoms with Crippen molar-refractivity contribution >= 4 is 17.8 Å². The Morgan fingerprint density at radius 1 is 1.18 bits per heavy atom. The van der Waals surface area contributed by atoms with E-state index < -0.39 is 22.6 Å². The molecule has 3 rings (SSSR count). The third-order valence-corrected chi connectivity index (χ3v) is 4.49. The number of rotatable bonds is 7. The van der Waals surface area contributed by atoms with Gasteiger partial charge in [-0.3, -0.25) is 14.9 Å². The van der Waals surface area contributed by atoms with Gasteiger partial charge in [0.25, 0.3) is 11.6 Å². The Kier molecular flexibility index (Phi) is 6.80. The van der Waals surface area contributed by atoms with E-state index in [4.69, 9.17) is 9.15 Å². The number of halogens is 3. The van der Waals surface area contributed by atoms with Gasteiger partial charge in [0.2, 0.25) is 0 Å². The van der Waals surface area contributed by atoms with Gasteiger partial charge in [0, 0.05) is 17.7 Å². The van der Waals surface area contributed by atoms with Gasteiger partial charge in [0.1, 0.15) is 17.3 Å². The van der Waals surface area contributed by atoms with E-state index in [0.29, 0.717) is 16.9 Å². The molecular weight excluding hydrogens is 443 g/mol. The number of carbonyl (C=O) groups is 1. The molecule has 2 aromatic carbocycles. The lowest BCUT2D eigenvalue weighted by Crippen LogP contribution is -2.25. The van der Waals surface area contributed by atoms with Gasteiger partial charge < -0.3 is 9.15 Å². The number of hydrogen-bond donors (Lipinski definition) is 1. The van der Waals surface area contributed by atoms with Crippen molar-refractivity contribution in [2.75, 3.05) is 6.61 Å². The van der Waals surface area contributed by atoms with Gasteiger partial charge in [-0.2, -0.15) is 18.3 Å². The lowest BCUT2D eigenvalue weighted by Gasteiger charge is -2.11. The molecule has 0 aliphatic heterocycles. The predicted molar refractivity (Wildman–Crippen MR) is 113 cm³/mol. The van der Waals surface area contributed by atoms with Gasteiger partial charge in [-0.1, -0.05) is 12.1 Å². The summed E-state index contributed by atoms with van der Waals surface area (Å²) in [7, 11) is 0. The van der Waals surface area contributed by atoms with E-state index in [-0.39, 0.29) is 29.4 Å². The van der Waals surface area contributed by atoms with E-state index in [1.165, 1.54) is 42.6 Å². The second-order valence-corrected chi connectivity index (χ2v) is 7.03. The lowest BCUT2D eigenvalue weighted by atomic mass is 10.1. The normalized spacial score (nSPS) is 11.5. The van der Waals surface area contributed by atoms with Crippen molar-refractivity contribution < 1.29 is 32.0 Å². The quantitative estimate of drug-likeness (QED) is 0.302. The fraction of sp³-hybridized carbons (Fsp3) is 0.182.